The van der Waals surface area contributed by atoms with E-state index in [1.165, 1.54) is 10.5 Å². The van der Waals surface area contributed by atoms with Crippen LogP contribution in [0.15, 0.2) is 41.3 Å². The summed E-state index contributed by atoms with van der Waals surface area (Å²) in [5.41, 5.74) is 0.185. The molecule has 1 aromatic heterocycles. The number of hydrogen-bond acceptors (Lipinski definition) is 7. The predicted octanol–water partition coefficient (Wildman–Crippen LogP) is -0.618. The molecule has 26 heavy (non-hydrogen) atoms. The summed E-state index contributed by atoms with van der Waals surface area (Å²) in [7, 11) is -3.49. The highest BCUT2D eigenvalue weighted by atomic mass is 32.2. The van der Waals surface area contributed by atoms with Crippen LogP contribution in [0.2, 0.25) is 0 Å². The average molecular weight is 380 g/mol. The van der Waals surface area contributed by atoms with Crippen LogP contribution >= 0.6 is 0 Å². The van der Waals surface area contributed by atoms with E-state index in [0.717, 1.165) is 4.68 Å². The van der Waals surface area contributed by atoms with Crippen LogP contribution < -0.4 is 10.5 Å². The van der Waals surface area contributed by atoms with Crippen LogP contribution in [0, 0.1) is 0 Å². The predicted molar refractivity (Wildman–Crippen MR) is 96.2 cm³/mol. The van der Waals surface area contributed by atoms with E-state index in [0.29, 0.717) is 18.8 Å². The molecule has 2 heterocycles. The fourth-order valence-corrected chi connectivity index (χ4v) is 4.08. The maximum absolute atomic E-state index is 12.4. The third-order valence-corrected chi connectivity index (χ3v) is 6.11. The number of aromatic nitrogens is 2. The van der Waals surface area contributed by atoms with Crippen LogP contribution in [-0.4, -0.2) is 71.3 Å². The van der Waals surface area contributed by atoms with Gasteiger partial charge >= 0.3 is 5.56 Å². The maximum atomic E-state index is 12.4. The van der Waals surface area contributed by atoms with Gasteiger partial charge in [0.1, 0.15) is 5.69 Å². The fraction of sp³-hybridized carbons (Fsp3) is 0.375. The van der Waals surface area contributed by atoms with Crippen LogP contribution in [0.3, 0.4) is 0 Å². The standard InChI is InChI=1S/C16H20N4O5S/c21-10-11-26(24,25)19-8-6-18(7-9-19)14-12-17-20(16(23)15(14)22)13-4-2-1-3-5-13/h1-5,12,21-22H,6-11H2. The molecule has 0 saturated carbocycles. The van der Waals surface area contributed by atoms with Gasteiger partial charge in [-0.2, -0.15) is 14.1 Å². The summed E-state index contributed by atoms with van der Waals surface area (Å²) in [5.74, 6) is -0.733. The second-order valence-corrected chi connectivity index (χ2v) is 7.95. The summed E-state index contributed by atoms with van der Waals surface area (Å²) in [5, 5.41) is 23.3. The molecule has 1 saturated heterocycles. The maximum Gasteiger partial charge on any atom is 0.315 e. The lowest BCUT2D eigenvalue weighted by Gasteiger charge is -2.35. The Bertz CT molecular complexity index is 921. The van der Waals surface area contributed by atoms with Crippen molar-refractivity contribution in [1.29, 1.82) is 0 Å². The first-order chi connectivity index (χ1) is 12.4. The summed E-state index contributed by atoms with van der Waals surface area (Å²) < 4.78 is 26.4. The molecule has 1 aliphatic rings. The second kappa shape index (κ2) is 7.44. The van der Waals surface area contributed by atoms with Crippen molar-refractivity contribution in [2.24, 2.45) is 0 Å². The van der Waals surface area contributed by atoms with Gasteiger partial charge in [-0.3, -0.25) is 4.79 Å². The smallest absolute Gasteiger partial charge is 0.315 e. The molecule has 0 unspecified atom stereocenters. The number of aromatic hydroxyl groups is 1. The van der Waals surface area contributed by atoms with Crippen molar-refractivity contribution in [3.05, 3.63) is 46.9 Å². The van der Waals surface area contributed by atoms with Gasteiger partial charge in [0.05, 0.1) is 24.2 Å². The molecule has 1 aliphatic heterocycles. The van der Waals surface area contributed by atoms with E-state index in [9.17, 15) is 18.3 Å². The number of benzene rings is 1. The van der Waals surface area contributed by atoms with Crippen molar-refractivity contribution in [3.63, 3.8) is 0 Å². The Balaban J connectivity index is 1.80. The zero-order valence-corrected chi connectivity index (χ0v) is 14.8. The van der Waals surface area contributed by atoms with E-state index >= 15 is 0 Å². The topological polar surface area (TPSA) is 116 Å². The van der Waals surface area contributed by atoms with Gasteiger partial charge < -0.3 is 15.1 Å². The van der Waals surface area contributed by atoms with Crippen LogP contribution in [-0.2, 0) is 10.0 Å². The minimum atomic E-state index is -3.49. The molecule has 2 aromatic rings. The summed E-state index contributed by atoms with van der Waals surface area (Å²) in [6.07, 6.45) is 1.40. The Morgan fingerprint density at radius 2 is 1.73 bits per heavy atom. The Labute approximate surface area is 150 Å². The van der Waals surface area contributed by atoms with Crippen molar-refractivity contribution >= 4 is 15.7 Å². The van der Waals surface area contributed by atoms with Gasteiger partial charge in [0, 0.05) is 26.2 Å². The van der Waals surface area contributed by atoms with E-state index < -0.39 is 27.9 Å². The Morgan fingerprint density at radius 1 is 1.08 bits per heavy atom. The number of aliphatic hydroxyl groups is 1. The van der Waals surface area contributed by atoms with E-state index in [1.807, 2.05) is 6.07 Å². The van der Waals surface area contributed by atoms with E-state index in [2.05, 4.69) is 5.10 Å². The number of para-hydroxylation sites is 1. The SMILES string of the molecule is O=c1c(O)c(N2CCN(S(=O)(=O)CCO)CC2)cnn1-c1ccccc1. The van der Waals surface area contributed by atoms with Gasteiger partial charge in [0.25, 0.3) is 0 Å². The third kappa shape index (κ3) is 3.57. The van der Waals surface area contributed by atoms with E-state index in [4.69, 9.17) is 5.11 Å². The molecule has 10 heteroatoms. The first-order valence-corrected chi connectivity index (χ1v) is 9.75. The van der Waals surface area contributed by atoms with Crippen LogP contribution in [0.1, 0.15) is 0 Å². The Hall–Kier alpha value is -2.43. The van der Waals surface area contributed by atoms with Crippen molar-refractivity contribution in [3.8, 4) is 11.4 Å². The van der Waals surface area contributed by atoms with Crippen molar-refractivity contribution < 1.29 is 18.6 Å². The minimum absolute atomic E-state index is 0.212. The summed E-state index contributed by atoms with van der Waals surface area (Å²) >= 11 is 0. The van der Waals surface area contributed by atoms with Crippen LogP contribution in [0.5, 0.6) is 5.75 Å². The molecule has 140 valence electrons. The Morgan fingerprint density at radius 3 is 2.35 bits per heavy atom. The molecule has 0 atom stereocenters. The number of sulfonamides is 1. The minimum Gasteiger partial charge on any atom is -0.501 e. The zero-order valence-electron chi connectivity index (χ0n) is 14.0. The lowest BCUT2D eigenvalue weighted by Crippen LogP contribution is -2.49. The number of piperazine rings is 1. The first-order valence-electron chi connectivity index (χ1n) is 8.14. The van der Waals surface area contributed by atoms with Gasteiger partial charge in [0.15, 0.2) is 0 Å². The van der Waals surface area contributed by atoms with E-state index in [-0.39, 0.29) is 24.5 Å². The number of nitrogens with zero attached hydrogens (tertiary/aromatic N) is 4. The third-order valence-electron chi connectivity index (χ3n) is 4.26. The van der Waals surface area contributed by atoms with Gasteiger partial charge in [-0.05, 0) is 12.1 Å². The molecule has 0 radical (unpaired) electrons. The average Bonchev–Trinajstić information content (AvgIpc) is 2.65. The molecule has 0 aliphatic carbocycles. The highest BCUT2D eigenvalue weighted by Crippen LogP contribution is 2.24. The van der Waals surface area contributed by atoms with Gasteiger partial charge in [0.2, 0.25) is 15.8 Å². The summed E-state index contributed by atoms with van der Waals surface area (Å²) in [6.45, 7) is 0.626. The summed E-state index contributed by atoms with van der Waals surface area (Å²) in [6, 6.07) is 8.75. The molecular formula is C16H20N4O5S. The van der Waals surface area contributed by atoms with Crippen molar-refractivity contribution in [2.45, 2.75) is 0 Å². The monoisotopic (exact) mass is 380 g/mol. The normalized spacial score (nSPS) is 16.0. The molecule has 3 rings (SSSR count). The van der Waals surface area contributed by atoms with Gasteiger partial charge in [-0.15, -0.1) is 0 Å². The molecule has 1 fully saturated rings. The van der Waals surface area contributed by atoms with Crippen LogP contribution in [0.4, 0.5) is 5.69 Å². The Kier molecular flexibility index (Phi) is 5.25. The van der Waals surface area contributed by atoms with Gasteiger partial charge in [-0.25, -0.2) is 8.42 Å². The quantitative estimate of drug-likeness (QED) is 0.710. The molecule has 0 spiro atoms. The molecule has 2 N–H and O–H groups in total. The van der Waals surface area contributed by atoms with Crippen LogP contribution in [0.25, 0.3) is 5.69 Å². The fourth-order valence-electron chi connectivity index (χ4n) is 2.87. The van der Waals surface area contributed by atoms with E-state index in [1.54, 1.807) is 29.2 Å². The zero-order chi connectivity index (χ0) is 18.7. The van der Waals surface area contributed by atoms with Crippen molar-refractivity contribution in [1.82, 2.24) is 14.1 Å². The number of anilines is 1. The number of hydrogen-bond donors (Lipinski definition) is 2. The molecule has 0 amide bonds. The highest BCUT2D eigenvalue weighted by molar-refractivity contribution is 7.89. The lowest BCUT2D eigenvalue weighted by atomic mass is 10.3. The van der Waals surface area contributed by atoms with Gasteiger partial charge in [-0.1, -0.05) is 18.2 Å². The van der Waals surface area contributed by atoms with Crippen molar-refractivity contribution in [2.75, 3.05) is 43.4 Å². The largest absolute Gasteiger partial charge is 0.501 e. The second-order valence-electron chi connectivity index (χ2n) is 5.86. The molecule has 0 bridgehead atoms. The number of rotatable bonds is 5. The lowest BCUT2D eigenvalue weighted by molar-refractivity contribution is 0.312. The summed E-state index contributed by atoms with van der Waals surface area (Å²) in [4.78, 5) is 14.2. The molecule has 1 aromatic carbocycles. The highest BCUT2D eigenvalue weighted by Gasteiger charge is 2.28. The number of aliphatic hydroxyl groups excluding tert-OH is 1. The molecule has 9 nitrogen and oxygen atoms in total. The molecular weight excluding hydrogens is 360 g/mol. The first kappa shape index (κ1) is 18.4.